The maximum Gasteiger partial charge on any atom is 0.266 e. The van der Waals surface area contributed by atoms with Crippen molar-refractivity contribution in [3.8, 4) is 17.2 Å². The first-order chi connectivity index (χ1) is 16.9. The minimum absolute atomic E-state index is 0.0389. The second-order valence-corrected chi connectivity index (χ2v) is 9.49. The van der Waals surface area contributed by atoms with Crippen molar-refractivity contribution in [2.75, 3.05) is 25.1 Å². The molecule has 1 aliphatic rings. The number of carbonyl (C=O) groups excluding carboxylic acids is 2. The van der Waals surface area contributed by atoms with Crippen molar-refractivity contribution >= 4 is 51.9 Å². The van der Waals surface area contributed by atoms with E-state index < -0.39 is 0 Å². The number of ether oxygens (including phenoxy) is 2. The van der Waals surface area contributed by atoms with E-state index in [0.29, 0.717) is 41.2 Å². The first-order valence-electron chi connectivity index (χ1n) is 11.6. The Morgan fingerprint density at radius 3 is 2.54 bits per heavy atom. The molecule has 2 N–H and O–H groups in total. The average Bonchev–Trinajstić information content (AvgIpc) is 3.10. The second kappa shape index (κ2) is 13.2. The molecule has 0 aliphatic carbocycles. The number of thioether (sulfide) groups is 1. The summed E-state index contributed by atoms with van der Waals surface area (Å²) in [6.07, 6.45) is 4.45. The number of aromatic hydroxyl groups is 1. The molecule has 0 unspecified atom stereocenters. The number of unbranched alkanes of at least 4 members (excludes halogenated alkanes) is 2. The van der Waals surface area contributed by atoms with Crippen molar-refractivity contribution in [2.24, 2.45) is 0 Å². The Bertz CT molecular complexity index is 1090. The summed E-state index contributed by atoms with van der Waals surface area (Å²) >= 11 is 6.67. The number of hydrogen-bond donors (Lipinski definition) is 2. The van der Waals surface area contributed by atoms with E-state index >= 15 is 0 Å². The number of amides is 2. The summed E-state index contributed by atoms with van der Waals surface area (Å²) in [7, 11) is 0. The van der Waals surface area contributed by atoms with Crippen LogP contribution in [0.25, 0.3) is 6.08 Å². The number of hydrogen-bond acceptors (Lipinski definition) is 7. The van der Waals surface area contributed by atoms with Gasteiger partial charge in [-0.05, 0) is 74.7 Å². The van der Waals surface area contributed by atoms with E-state index in [1.165, 1.54) is 11.8 Å². The molecular formula is C26H30N2O5S2. The van der Waals surface area contributed by atoms with Crippen molar-refractivity contribution in [3.05, 3.63) is 52.9 Å². The molecule has 0 atom stereocenters. The van der Waals surface area contributed by atoms with Crippen LogP contribution in [-0.2, 0) is 9.59 Å². The molecule has 2 amide bonds. The highest BCUT2D eigenvalue weighted by atomic mass is 32.2. The molecule has 1 aliphatic heterocycles. The van der Waals surface area contributed by atoms with E-state index in [1.807, 2.05) is 38.1 Å². The maximum absolute atomic E-state index is 12.8. The number of phenolic OH excluding ortho intramolecular Hbond substituents is 1. The SMILES string of the molecule is CCOc1ccc(NC(=O)CCCCCN2C(=O)/C(=C/c3ccc(O)c(OCC)c3)SC2=S)cc1. The van der Waals surface area contributed by atoms with Crippen LogP contribution in [0.5, 0.6) is 17.2 Å². The van der Waals surface area contributed by atoms with Gasteiger partial charge in [-0.2, -0.15) is 0 Å². The zero-order chi connectivity index (χ0) is 25.2. The molecule has 0 spiro atoms. The molecule has 2 aromatic rings. The molecule has 2 aromatic carbocycles. The standard InChI is InChI=1S/C26H30N2O5S2/c1-3-32-20-12-10-19(11-13-20)27-24(30)8-6-5-7-15-28-25(31)23(35-26(28)34)17-18-9-14-21(29)22(16-18)33-4-2/h9-14,16-17,29H,3-8,15H2,1-2H3,(H,27,30)/b23-17-. The molecule has 1 saturated heterocycles. The molecule has 35 heavy (non-hydrogen) atoms. The van der Waals surface area contributed by atoms with Gasteiger partial charge in [-0.3, -0.25) is 14.5 Å². The molecule has 0 radical (unpaired) electrons. The third-order valence-corrected chi connectivity index (χ3v) is 6.57. The summed E-state index contributed by atoms with van der Waals surface area (Å²) in [6, 6.07) is 12.3. The summed E-state index contributed by atoms with van der Waals surface area (Å²) < 4.78 is 11.3. The third kappa shape index (κ3) is 7.73. The quantitative estimate of drug-likeness (QED) is 0.217. The summed E-state index contributed by atoms with van der Waals surface area (Å²) in [4.78, 5) is 27.2. The zero-order valence-electron chi connectivity index (χ0n) is 19.9. The number of phenols is 1. The average molecular weight is 515 g/mol. The summed E-state index contributed by atoms with van der Waals surface area (Å²) in [5.41, 5.74) is 1.50. The van der Waals surface area contributed by atoms with Gasteiger partial charge in [0.2, 0.25) is 5.91 Å². The van der Waals surface area contributed by atoms with Crippen LogP contribution in [0.15, 0.2) is 47.4 Å². The van der Waals surface area contributed by atoms with Gasteiger partial charge in [0.25, 0.3) is 5.91 Å². The van der Waals surface area contributed by atoms with Gasteiger partial charge >= 0.3 is 0 Å². The van der Waals surface area contributed by atoms with E-state index in [-0.39, 0.29) is 17.6 Å². The molecule has 0 bridgehead atoms. The summed E-state index contributed by atoms with van der Waals surface area (Å²) in [6.45, 7) is 5.31. The molecule has 0 aromatic heterocycles. The lowest BCUT2D eigenvalue weighted by atomic mass is 10.1. The fourth-order valence-electron chi connectivity index (χ4n) is 3.49. The van der Waals surface area contributed by atoms with Crippen LogP contribution in [-0.4, -0.2) is 45.9 Å². The number of benzene rings is 2. The highest BCUT2D eigenvalue weighted by molar-refractivity contribution is 8.26. The molecule has 1 fully saturated rings. The minimum Gasteiger partial charge on any atom is -0.504 e. The Hall–Kier alpha value is -3.04. The first kappa shape index (κ1) is 26.6. The molecule has 9 heteroatoms. The van der Waals surface area contributed by atoms with Crippen LogP contribution in [0.4, 0.5) is 5.69 Å². The maximum atomic E-state index is 12.8. The second-order valence-electron chi connectivity index (χ2n) is 7.81. The Balaban J connectivity index is 1.43. The van der Waals surface area contributed by atoms with Gasteiger partial charge in [0.15, 0.2) is 11.5 Å². The number of carbonyl (C=O) groups is 2. The number of rotatable bonds is 12. The van der Waals surface area contributed by atoms with Crippen molar-refractivity contribution in [1.82, 2.24) is 4.90 Å². The lowest BCUT2D eigenvalue weighted by Crippen LogP contribution is -2.29. The normalized spacial score (nSPS) is 14.5. The summed E-state index contributed by atoms with van der Waals surface area (Å²) in [5.74, 6) is 1.05. The van der Waals surface area contributed by atoms with Crippen LogP contribution >= 0.6 is 24.0 Å². The first-order valence-corrected chi connectivity index (χ1v) is 12.9. The monoisotopic (exact) mass is 514 g/mol. The predicted molar refractivity (Wildman–Crippen MR) is 144 cm³/mol. The van der Waals surface area contributed by atoms with Gasteiger partial charge < -0.3 is 19.9 Å². The fourth-order valence-corrected chi connectivity index (χ4v) is 4.80. The summed E-state index contributed by atoms with van der Waals surface area (Å²) in [5, 5.41) is 12.7. The van der Waals surface area contributed by atoms with Crippen LogP contribution in [0.1, 0.15) is 45.1 Å². The molecular weight excluding hydrogens is 484 g/mol. The van der Waals surface area contributed by atoms with Crippen LogP contribution in [0.2, 0.25) is 0 Å². The fraction of sp³-hybridized carbons (Fsp3) is 0.346. The minimum atomic E-state index is -0.126. The van der Waals surface area contributed by atoms with Crippen LogP contribution < -0.4 is 14.8 Å². The smallest absolute Gasteiger partial charge is 0.266 e. The van der Waals surface area contributed by atoms with E-state index in [0.717, 1.165) is 36.3 Å². The van der Waals surface area contributed by atoms with Crippen molar-refractivity contribution in [2.45, 2.75) is 39.5 Å². The molecule has 7 nitrogen and oxygen atoms in total. The van der Waals surface area contributed by atoms with Crippen molar-refractivity contribution < 1.29 is 24.2 Å². The van der Waals surface area contributed by atoms with Gasteiger partial charge in [-0.25, -0.2) is 0 Å². The van der Waals surface area contributed by atoms with Gasteiger partial charge in [0, 0.05) is 18.7 Å². The lowest BCUT2D eigenvalue weighted by molar-refractivity contribution is -0.122. The third-order valence-electron chi connectivity index (χ3n) is 5.19. The highest BCUT2D eigenvalue weighted by Crippen LogP contribution is 2.34. The number of nitrogens with zero attached hydrogens (tertiary/aromatic N) is 1. The van der Waals surface area contributed by atoms with Crippen LogP contribution in [0, 0.1) is 0 Å². The molecule has 186 valence electrons. The number of anilines is 1. The predicted octanol–water partition coefficient (Wildman–Crippen LogP) is 5.59. The van der Waals surface area contributed by atoms with Crippen molar-refractivity contribution in [1.29, 1.82) is 0 Å². The molecule has 3 rings (SSSR count). The molecule has 0 saturated carbocycles. The van der Waals surface area contributed by atoms with Gasteiger partial charge in [0.05, 0.1) is 18.1 Å². The lowest BCUT2D eigenvalue weighted by Gasteiger charge is -2.14. The van der Waals surface area contributed by atoms with E-state index in [4.69, 9.17) is 21.7 Å². The van der Waals surface area contributed by atoms with Crippen LogP contribution in [0.3, 0.4) is 0 Å². The topological polar surface area (TPSA) is 88.1 Å². The van der Waals surface area contributed by atoms with Gasteiger partial charge in [0.1, 0.15) is 10.1 Å². The number of thiocarbonyl (C=S) groups is 1. The van der Waals surface area contributed by atoms with Crippen molar-refractivity contribution in [3.63, 3.8) is 0 Å². The Labute approximate surface area is 215 Å². The highest BCUT2D eigenvalue weighted by Gasteiger charge is 2.31. The zero-order valence-corrected chi connectivity index (χ0v) is 21.5. The number of nitrogens with one attached hydrogen (secondary N) is 1. The van der Waals surface area contributed by atoms with E-state index in [1.54, 1.807) is 29.2 Å². The van der Waals surface area contributed by atoms with E-state index in [9.17, 15) is 14.7 Å². The molecule has 1 heterocycles. The largest absolute Gasteiger partial charge is 0.504 e. The Morgan fingerprint density at radius 2 is 1.83 bits per heavy atom. The van der Waals surface area contributed by atoms with Gasteiger partial charge in [-0.1, -0.05) is 36.5 Å². The van der Waals surface area contributed by atoms with E-state index in [2.05, 4.69) is 5.32 Å². The Kier molecular flexibility index (Phi) is 9.98. The Morgan fingerprint density at radius 1 is 1.09 bits per heavy atom. The van der Waals surface area contributed by atoms with Gasteiger partial charge in [-0.15, -0.1) is 0 Å².